The van der Waals surface area contributed by atoms with Gasteiger partial charge in [0.05, 0.1) is 6.61 Å². The van der Waals surface area contributed by atoms with Crippen LogP contribution < -0.4 is 20.5 Å². The number of ether oxygens (including phenoxy) is 3. The molecule has 2 aromatic carbocycles. The highest BCUT2D eigenvalue weighted by molar-refractivity contribution is 5.95. The fourth-order valence-corrected chi connectivity index (χ4v) is 3.28. The number of carbonyl (C=O) groups is 2. The zero-order chi connectivity index (χ0) is 24.6. The van der Waals surface area contributed by atoms with Gasteiger partial charge in [-0.15, -0.1) is 0 Å². The van der Waals surface area contributed by atoms with Crippen LogP contribution in [0.15, 0.2) is 36.4 Å². The van der Waals surface area contributed by atoms with E-state index in [0.717, 1.165) is 5.56 Å². The lowest BCUT2D eigenvalue weighted by atomic mass is 9.88. The zero-order valence-electron chi connectivity index (χ0n) is 19.4. The first-order valence-electron chi connectivity index (χ1n) is 10.6. The Balaban J connectivity index is 2.51. The smallest absolute Gasteiger partial charge is 0.333 e. The van der Waals surface area contributed by atoms with Gasteiger partial charge in [-0.3, -0.25) is 10.2 Å². The normalized spacial score (nSPS) is 12.4. The van der Waals surface area contributed by atoms with Gasteiger partial charge in [-0.25, -0.2) is 4.79 Å². The van der Waals surface area contributed by atoms with Gasteiger partial charge in [-0.2, -0.15) is 0 Å². The van der Waals surface area contributed by atoms with Crippen molar-refractivity contribution in [2.75, 3.05) is 25.1 Å². The maximum Gasteiger partial charge on any atom is 0.333 e. The van der Waals surface area contributed by atoms with E-state index in [4.69, 9.17) is 25.4 Å². The summed E-state index contributed by atoms with van der Waals surface area (Å²) >= 11 is 0. The molecule has 0 aliphatic heterocycles. The number of hydrogen-bond acceptors (Lipinski definition) is 7. The van der Waals surface area contributed by atoms with Gasteiger partial charge in [0.2, 0.25) is 0 Å². The maximum atomic E-state index is 12.5. The molecule has 0 saturated heterocycles. The van der Waals surface area contributed by atoms with E-state index in [0.29, 0.717) is 41.3 Å². The number of amidine groups is 1. The molecule has 0 bridgehead atoms. The van der Waals surface area contributed by atoms with Gasteiger partial charge < -0.3 is 30.4 Å². The highest BCUT2D eigenvalue weighted by Crippen LogP contribution is 2.38. The van der Waals surface area contributed by atoms with Crippen LogP contribution in [0, 0.1) is 5.41 Å². The lowest BCUT2D eigenvalue weighted by Gasteiger charge is -2.31. The predicted molar refractivity (Wildman–Crippen MR) is 125 cm³/mol. The quantitative estimate of drug-likeness (QED) is 0.164. The molecular formula is C24H31N3O6. The number of benzene rings is 2. The van der Waals surface area contributed by atoms with Gasteiger partial charge in [0.25, 0.3) is 0 Å². The molecule has 0 aromatic heterocycles. The van der Waals surface area contributed by atoms with Crippen molar-refractivity contribution in [2.24, 2.45) is 5.73 Å². The summed E-state index contributed by atoms with van der Waals surface area (Å²) in [5.41, 5.74) is 6.23. The second-order valence-corrected chi connectivity index (χ2v) is 7.48. The molecule has 0 amide bonds. The maximum absolute atomic E-state index is 12.5. The van der Waals surface area contributed by atoms with Crippen molar-refractivity contribution < 1.29 is 28.9 Å². The number of rotatable bonds is 12. The highest BCUT2D eigenvalue weighted by atomic mass is 16.6. The Morgan fingerprint density at radius 1 is 1.09 bits per heavy atom. The third kappa shape index (κ3) is 6.38. The molecule has 0 radical (unpaired) electrons. The molecule has 0 saturated carbocycles. The van der Waals surface area contributed by atoms with Crippen molar-refractivity contribution >= 4 is 23.5 Å². The molecular weight excluding hydrogens is 426 g/mol. The molecule has 0 aliphatic rings. The van der Waals surface area contributed by atoms with Gasteiger partial charge in [-0.05, 0) is 56.2 Å². The van der Waals surface area contributed by atoms with Crippen molar-refractivity contribution in [1.82, 2.24) is 0 Å². The van der Waals surface area contributed by atoms with Gasteiger partial charge >= 0.3 is 11.9 Å². The SMILES string of the molecule is CCOc1cc(OCCOC(C)=O)c(C(C)(Nc2ccc(C(=N)N)cc2)C(=O)O)cc1CC. The second-order valence-electron chi connectivity index (χ2n) is 7.48. The molecule has 2 rings (SSSR count). The second kappa shape index (κ2) is 11.2. The third-order valence-electron chi connectivity index (χ3n) is 5.05. The lowest BCUT2D eigenvalue weighted by molar-refractivity contribution is -0.142. The Hall–Kier alpha value is -3.75. The fourth-order valence-electron chi connectivity index (χ4n) is 3.28. The van der Waals surface area contributed by atoms with Crippen LogP contribution in [0.1, 0.15) is 44.4 Å². The third-order valence-corrected chi connectivity index (χ3v) is 5.05. The van der Waals surface area contributed by atoms with Crippen molar-refractivity contribution in [1.29, 1.82) is 5.41 Å². The van der Waals surface area contributed by atoms with Crippen LogP contribution in [0.2, 0.25) is 0 Å². The number of nitrogen functional groups attached to an aromatic ring is 1. The van der Waals surface area contributed by atoms with E-state index in [-0.39, 0.29) is 19.0 Å². The fraction of sp³-hybridized carbons (Fsp3) is 0.375. The molecule has 9 heteroatoms. The number of aliphatic carboxylic acids is 1. The Morgan fingerprint density at radius 2 is 1.76 bits per heavy atom. The number of anilines is 1. The minimum absolute atomic E-state index is 0.0258. The largest absolute Gasteiger partial charge is 0.493 e. The molecule has 178 valence electrons. The minimum Gasteiger partial charge on any atom is -0.493 e. The minimum atomic E-state index is -1.57. The Morgan fingerprint density at radius 3 is 2.27 bits per heavy atom. The van der Waals surface area contributed by atoms with Gasteiger partial charge in [0.1, 0.15) is 30.5 Å². The average Bonchev–Trinajstić information content (AvgIpc) is 2.77. The number of hydrogen-bond donors (Lipinski definition) is 4. The van der Waals surface area contributed by atoms with Crippen LogP contribution in [-0.2, 0) is 26.3 Å². The molecule has 0 aliphatic carbocycles. The number of nitrogens with two attached hydrogens (primary N) is 1. The first kappa shape index (κ1) is 25.5. The summed E-state index contributed by atoms with van der Waals surface area (Å²) in [4.78, 5) is 23.6. The first-order chi connectivity index (χ1) is 15.6. The van der Waals surface area contributed by atoms with Gasteiger partial charge in [0, 0.05) is 29.8 Å². The van der Waals surface area contributed by atoms with Crippen molar-refractivity contribution in [2.45, 2.75) is 39.7 Å². The van der Waals surface area contributed by atoms with Crippen LogP contribution in [-0.4, -0.2) is 42.7 Å². The topological polar surface area (TPSA) is 144 Å². The van der Waals surface area contributed by atoms with Crippen LogP contribution in [0.4, 0.5) is 5.69 Å². The van der Waals surface area contributed by atoms with E-state index in [1.54, 1.807) is 43.3 Å². The van der Waals surface area contributed by atoms with Crippen LogP contribution in [0.5, 0.6) is 11.5 Å². The molecule has 0 heterocycles. The van der Waals surface area contributed by atoms with E-state index in [9.17, 15) is 14.7 Å². The standard InChI is InChI=1S/C24H31N3O6/c1-5-16-13-19(21(14-20(16)31-6-2)33-12-11-32-15(3)28)24(4,23(29)30)27-18-9-7-17(8-10-18)22(25)26/h7-10,13-14,27H,5-6,11-12H2,1-4H3,(H3,25,26)(H,29,30). The summed E-state index contributed by atoms with van der Waals surface area (Å²) in [5.74, 6) is -0.717. The van der Waals surface area contributed by atoms with Crippen molar-refractivity contribution in [3.8, 4) is 11.5 Å². The summed E-state index contributed by atoms with van der Waals surface area (Å²) in [5, 5.41) is 20.8. The molecule has 33 heavy (non-hydrogen) atoms. The molecule has 9 nitrogen and oxygen atoms in total. The molecule has 1 atom stereocenters. The number of aryl methyl sites for hydroxylation is 1. The number of carbonyl (C=O) groups excluding carboxylic acids is 1. The van der Waals surface area contributed by atoms with Crippen molar-refractivity contribution in [3.05, 3.63) is 53.1 Å². The Labute approximate surface area is 193 Å². The van der Waals surface area contributed by atoms with Gasteiger partial charge in [0.15, 0.2) is 5.54 Å². The summed E-state index contributed by atoms with van der Waals surface area (Å²) in [6, 6.07) is 10.0. The number of carboxylic acid groups (broad SMARTS) is 1. The van der Waals surface area contributed by atoms with E-state index < -0.39 is 17.5 Å². The molecule has 5 N–H and O–H groups in total. The summed E-state index contributed by atoms with van der Waals surface area (Å²) in [6.07, 6.45) is 0.624. The number of esters is 1. The average molecular weight is 458 g/mol. The molecule has 0 fully saturated rings. The van der Waals surface area contributed by atoms with E-state index in [2.05, 4.69) is 5.32 Å². The van der Waals surface area contributed by atoms with Crippen molar-refractivity contribution in [3.63, 3.8) is 0 Å². The number of carboxylic acids is 1. The van der Waals surface area contributed by atoms with Crippen LogP contribution >= 0.6 is 0 Å². The zero-order valence-corrected chi connectivity index (χ0v) is 19.4. The van der Waals surface area contributed by atoms with Crippen LogP contribution in [0.3, 0.4) is 0 Å². The summed E-state index contributed by atoms with van der Waals surface area (Å²) in [7, 11) is 0. The first-order valence-corrected chi connectivity index (χ1v) is 10.6. The predicted octanol–water partition coefficient (Wildman–Crippen LogP) is 3.29. The van der Waals surface area contributed by atoms with E-state index in [1.807, 2.05) is 13.8 Å². The van der Waals surface area contributed by atoms with E-state index in [1.165, 1.54) is 6.92 Å². The lowest BCUT2D eigenvalue weighted by Crippen LogP contribution is -2.41. The Kier molecular flexibility index (Phi) is 8.67. The van der Waals surface area contributed by atoms with Crippen LogP contribution in [0.25, 0.3) is 0 Å². The Bertz CT molecular complexity index is 1010. The summed E-state index contributed by atoms with van der Waals surface area (Å²) < 4.78 is 16.5. The summed E-state index contributed by atoms with van der Waals surface area (Å²) in [6.45, 7) is 7.18. The molecule has 0 spiro atoms. The molecule has 1 unspecified atom stereocenters. The highest BCUT2D eigenvalue weighted by Gasteiger charge is 2.39. The van der Waals surface area contributed by atoms with E-state index >= 15 is 0 Å². The van der Waals surface area contributed by atoms with Gasteiger partial charge in [-0.1, -0.05) is 6.92 Å². The monoisotopic (exact) mass is 457 g/mol. The number of nitrogens with one attached hydrogen (secondary N) is 2. The molecule has 2 aromatic rings.